The Morgan fingerprint density at radius 2 is 1.35 bits per heavy atom. The Hall–Kier alpha value is -1.11. The first kappa shape index (κ1) is 13.9. The third-order valence-corrected chi connectivity index (χ3v) is 5.25. The van der Waals surface area contributed by atoms with E-state index >= 15 is 0 Å². The second kappa shape index (κ2) is 6.56. The molecular weight excluding hydrogens is 244 g/mol. The van der Waals surface area contributed by atoms with Gasteiger partial charge in [-0.15, -0.1) is 0 Å². The van der Waals surface area contributed by atoms with Crippen LogP contribution in [0.5, 0.6) is 0 Å². The van der Waals surface area contributed by atoms with E-state index in [0.717, 1.165) is 24.3 Å². The maximum absolute atomic E-state index is 12.6. The van der Waals surface area contributed by atoms with Gasteiger partial charge in [0.1, 0.15) is 0 Å². The lowest BCUT2D eigenvalue weighted by Crippen LogP contribution is -2.16. The van der Waals surface area contributed by atoms with Crippen LogP contribution in [-0.4, -0.2) is 5.78 Å². The Morgan fingerprint density at radius 1 is 0.750 bits per heavy atom. The third kappa shape index (κ3) is 3.13. The zero-order chi connectivity index (χ0) is 13.8. The standard InChI is InChI=1S/C19H26O/c20-19(17-7-4-2-1-3-5-8-17)18-13-11-16(12-14-18)15-9-6-10-15/h11-15,17H,1-10H2. The van der Waals surface area contributed by atoms with Crippen molar-refractivity contribution in [1.82, 2.24) is 0 Å². The van der Waals surface area contributed by atoms with Crippen molar-refractivity contribution in [2.45, 2.75) is 70.1 Å². The molecule has 108 valence electrons. The lowest BCUT2D eigenvalue weighted by Gasteiger charge is -2.26. The minimum Gasteiger partial charge on any atom is -0.294 e. The summed E-state index contributed by atoms with van der Waals surface area (Å²) in [5, 5.41) is 0. The van der Waals surface area contributed by atoms with Gasteiger partial charge in [-0.1, -0.05) is 62.8 Å². The molecule has 0 radical (unpaired) electrons. The van der Waals surface area contributed by atoms with Crippen LogP contribution in [0.25, 0.3) is 0 Å². The number of hydrogen-bond donors (Lipinski definition) is 0. The van der Waals surface area contributed by atoms with Crippen LogP contribution < -0.4 is 0 Å². The van der Waals surface area contributed by atoms with E-state index in [1.54, 1.807) is 0 Å². The molecule has 0 N–H and O–H groups in total. The first-order valence-electron chi connectivity index (χ1n) is 8.49. The maximum atomic E-state index is 12.6. The molecule has 0 heterocycles. The van der Waals surface area contributed by atoms with Crippen LogP contribution in [0.3, 0.4) is 0 Å². The van der Waals surface area contributed by atoms with Crippen LogP contribution in [0.4, 0.5) is 0 Å². The molecule has 0 bridgehead atoms. The molecule has 3 rings (SSSR count). The van der Waals surface area contributed by atoms with Crippen molar-refractivity contribution in [3.05, 3.63) is 35.4 Å². The van der Waals surface area contributed by atoms with Gasteiger partial charge in [0.25, 0.3) is 0 Å². The molecule has 2 fully saturated rings. The van der Waals surface area contributed by atoms with Crippen LogP contribution in [0.2, 0.25) is 0 Å². The molecule has 1 aromatic carbocycles. The van der Waals surface area contributed by atoms with Crippen molar-refractivity contribution in [3.8, 4) is 0 Å². The highest BCUT2D eigenvalue weighted by molar-refractivity contribution is 5.97. The fraction of sp³-hybridized carbons (Fsp3) is 0.632. The minimum absolute atomic E-state index is 0.282. The van der Waals surface area contributed by atoms with Gasteiger partial charge in [-0.3, -0.25) is 4.79 Å². The summed E-state index contributed by atoms with van der Waals surface area (Å²) in [7, 11) is 0. The molecule has 1 aromatic rings. The highest BCUT2D eigenvalue weighted by atomic mass is 16.1. The lowest BCUT2D eigenvalue weighted by atomic mass is 9.79. The fourth-order valence-corrected chi connectivity index (χ4v) is 3.62. The van der Waals surface area contributed by atoms with Crippen LogP contribution in [0.1, 0.15) is 86.0 Å². The summed E-state index contributed by atoms with van der Waals surface area (Å²) in [5.41, 5.74) is 2.38. The number of carbonyl (C=O) groups is 1. The van der Waals surface area contributed by atoms with Crippen LogP contribution in [0, 0.1) is 5.92 Å². The predicted octanol–water partition coefficient (Wildman–Crippen LogP) is 5.50. The summed E-state index contributed by atoms with van der Waals surface area (Å²) in [6.45, 7) is 0. The number of carbonyl (C=O) groups excluding carboxylic acids is 1. The summed E-state index contributed by atoms with van der Waals surface area (Å²) in [6, 6.07) is 8.55. The first-order valence-corrected chi connectivity index (χ1v) is 8.49. The topological polar surface area (TPSA) is 17.1 Å². The number of ketones is 1. The summed E-state index contributed by atoms with van der Waals surface area (Å²) < 4.78 is 0. The molecule has 1 heteroatoms. The highest BCUT2D eigenvalue weighted by Crippen LogP contribution is 2.36. The van der Waals surface area contributed by atoms with E-state index < -0.39 is 0 Å². The summed E-state index contributed by atoms with van der Waals surface area (Å²) in [6.07, 6.45) is 12.7. The maximum Gasteiger partial charge on any atom is 0.165 e. The van der Waals surface area contributed by atoms with Gasteiger partial charge in [0.15, 0.2) is 5.78 Å². The van der Waals surface area contributed by atoms with Crippen molar-refractivity contribution < 1.29 is 4.79 Å². The van der Waals surface area contributed by atoms with Crippen molar-refractivity contribution >= 4 is 5.78 Å². The molecule has 2 saturated carbocycles. The number of rotatable bonds is 3. The average Bonchev–Trinajstić information content (AvgIpc) is 2.36. The fourth-order valence-electron chi connectivity index (χ4n) is 3.62. The van der Waals surface area contributed by atoms with E-state index in [2.05, 4.69) is 24.3 Å². The van der Waals surface area contributed by atoms with Gasteiger partial charge in [-0.25, -0.2) is 0 Å². The summed E-state index contributed by atoms with van der Waals surface area (Å²) in [4.78, 5) is 12.6. The smallest absolute Gasteiger partial charge is 0.165 e. The molecule has 0 unspecified atom stereocenters. The first-order chi connectivity index (χ1) is 9.84. The molecule has 0 spiro atoms. The van der Waals surface area contributed by atoms with Crippen molar-refractivity contribution in [2.24, 2.45) is 5.92 Å². The lowest BCUT2D eigenvalue weighted by molar-refractivity contribution is 0.0898. The van der Waals surface area contributed by atoms with Gasteiger partial charge >= 0.3 is 0 Å². The van der Waals surface area contributed by atoms with E-state index in [4.69, 9.17) is 0 Å². The quantitative estimate of drug-likeness (QED) is 0.663. The molecule has 0 aliphatic heterocycles. The highest BCUT2D eigenvalue weighted by Gasteiger charge is 2.22. The van der Waals surface area contributed by atoms with E-state index in [-0.39, 0.29) is 5.92 Å². The molecular formula is C19H26O. The molecule has 20 heavy (non-hydrogen) atoms. The molecule has 0 amide bonds. The van der Waals surface area contributed by atoms with Gasteiger partial charge in [0, 0.05) is 11.5 Å². The van der Waals surface area contributed by atoms with Crippen molar-refractivity contribution in [3.63, 3.8) is 0 Å². The normalized spacial score (nSPS) is 21.8. The second-order valence-electron chi connectivity index (χ2n) is 6.66. The van der Waals surface area contributed by atoms with Gasteiger partial charge in [-0.2, -0.15) is 0 Å². The van der Waals surface area contributed by atoms with Crippen LogP contribution in [0.15, 0.2) is 24.3 Å². The molecule has 0 aromatic heterocycles. The monoisotopic (exact) mass is 270 g/mol. The average molecular weight is 270 g/mol. The van der Waals surface area contributed by atoms with Crippen molar-refractivity contribution in [2.75, 3.05) is 0 Å². The van der Waals surface area contributed by atoms with Gasteiger partial charge < -0.3 is 0 Å². The Bertz CT molecular complexity index is 433. The predicted molar refractivity (Wildman–Crippen MR) is 83.2 cm³/mol. The Morgan fingerprint density at radius 3 is 1.90 bits per heavy atom. The van der Waals surface area contributed by atoms with E-state index in [1.165, 1.54) is 56.9 Å². The summed E-state index contributed by atoms with van der Waals surface area (Å²) >= 11 is 0. The summed E-state index contributed by atoms with van der Waals surface area (Å²) in [5.74, 6) is 1.44. The number of benzene rings is 1. The minimum atomic E-state index is 0.282. The zero-order valence-corrected chi connectivity index (χ0v) is 12.4. The Kier molecular flexibility index (Phi) is 4.54. The zero-order valence-electron chi connectivity index (χ0n) is 12.4. The largest absolute Gasteiger partial charge is 0.294 e. The number of Topliss-reactive ketones (excluding diaryl/α,β-unsaturated/α-hetero) is 1. The Balaban J connectivity index is 1.65. The van der Waals surface area contributed by atoms with Gasteiger partial charge in [-0.05, 0) is 37.2 Å². The van der Waals surface area contributed by atoms with Crippen LogP contribution >= 0.6 is 0 Å². The molecule has 2 aliphatic rings. The SMILES string of the molecule is O=C(c1ccc(C2CCC2)cc1)C1CCCCCCC1. The van der Waals surface area contributed by atoms with Gasteiger partial charge in [0.2, 0.25) is 0 Å². The van der Waals surface area contributed by atoms with Crippen molar-refractivity contribution in [1.29, 1.82) is 0 Å². The number of hydrogen-bond acceptors (Lipinski definition) is 1. The van der Waals surface area contributed by atoms with Gasteiger partial charge in [0.05, 0.1) is 0 Å². The third-order valence-electron chi connectivity index (χ3n) is 5.25. The molecule has 0 atom stereocenters. The molecule has 1 nitrogen and oxygen atoms in total. The second-order valence-corrected chi connectivity index (χ2v) is 6.66. The molecule has 0 saturated heterocycles. The molecule has 2 aliphatic carbocycles. The Labute approximate surface area is 122 Å². The van der Waals surface area contributed by atoms with E-state index in [0.29, 0.717) is 5.78 Å². The van der Waals surface area contributed by atoms with Crippen LogP contribution in [-0.2, 0) is 0 Å². The van der Waals surface area contributed by atoms with E-state index in [1.807, 2.05) is 0 Å². The van der Waals surface area contributed by atoms with E-state index in [9.17, 15) is 4.79 Å².